The van der Waals surface area contributed by atoms with Crippen molar-refractivity contribution in [3.63, 3.8) is 0 Å². The summed E-state index contributed by atoms with van der Waals surface area (Å²) in [5, 5.41) is 0. The van der Waals surface area contributed by atoms with Gasteiger partial charge in [-0.05, 0) is 37.3 Å². The number of hydrogen-bond acceptors (Lipinski definition) is 2. The van der Waals surface area contributed by atoms with Crippen LogP contribution >= 0.6 is 0 Å². The summed E-state index contributed by atoms with van der Waals surface area (Å²) in [6, 6.07) is 4.43. The Morgan fingerprint density at radius 2 is 2.10 bits per heavy atom. The van der Waals surface area contributed by atoms with Crippen LogP contribution in [0.4, 0.5) is 0 Å². The molecule has 0 aromatic carbocycles. The maximum absolute atomic E-state index is 12.2. The van der Waals surface area contributed by atoms with Gasteiger partial charge in [-0.15, -0.1) is 0 Å². The summed E-state index contributed by atoms with van der Waals surface area (Å²) in [4.78, 5) is 15.9. The smallest absolute Gasteiger partial charge is 0.289 e. The first kappa shape index (κ1) is 12.5. The van der Waals surface area contributed by atoms with E-state index in [1.165, 1.54) is 25.7 Å². The lowest BCUT2D eigenvalue weighted by atomic mass is 9.93. The summed E-state index contributed by atoms with van der Waals surface area (Å²) < 4.78 is 5.22. The highest BCUT2D eigenvalue weighted by atomic mass is 16.3. The number of nitrogens with zero attached hydrogens (tertiary/aromatic N) is 1. The highest BCUT2D eigenvalue weighted by Crippen LogP contribution is 2.43. The Labute approximate surface area is 119 Å². The third-order valence-electron chi connectivity index (χ3n) is 5.69. The quantitative estimate of drug-likeness (QED) is 0.867. The van der Waals surface area contributed by atoms with E-state index >= 15 is 0 Å². The van der Waals surface area contributed by atoms with E-state index in [4.69, 9.17) is 4.42 Å². The molecule has 2 heterocycles. The zero-order valence-electron chi connectivity index (χ0n) is 11.9. The van der Waals surface area contributed by atoms with E-state index in [2.05, 4.69) is 0 Å². The number of carbonyl (C=O) groups is 1. The predicted octanol–water partition coefficient (Wildman–Crippen LogP) is 0.809. The second-order valence-electron chi connectivity index (χ2n) is 6.71. The van der Waals surface area contributed by atoms with Crippen molar-refractivity contribution < 1.29 is 14.1 Å². The molecule has 4 rings (SSSR count). The van der Waals surface area contributed by atoms with Gasteiger partial charge in [0.25, 0.3) is 5.91 Å². The van der Waals surface area contributed by atoms with Crippen LogP contribution in [0, 0.1) is 11.8 Å². The molecule has 3 fully saturated rings. The lowest BCUT2D eigenvalue weighted by molar-refractivity contribution is -0.932. The number of quaternary nitrogens is 1. The Kier molecular flexibility index (Phi) is 3.06. The summed E-state index contributed by atoms with van der Waals surface area (Å²) in [5.74, 6) is 2.53. The molecule has 3 aliphatic rings. The molecule has 20 heavy (non-hydrogen) atoms. The number of rotatable bonds is 2. The van der Waals surface area contributed by atoms with Crippen LogP contribution in [0.3, 0.4) is 0 Å². The molecule has 4 nitrogen and oxygen atoms in total. The number of piperazine rings is 1. The Morgan fingerprint density at radius 1 is 1.25 bits per heavy atom. The first-order chi connectivity index (χ1) is 9.81. The van der Waals surface area contributed by atoms with Crippen molar-refractivity contribution >= 4 is 5.91 Å². The topological polar surface area (TPSA) is 37.9 Å². The number of fused-ring (bicyclic) bond motifs is 2. The van der Waals surface area contributed by atoms with Crippen LogP contribution in [0.1, 0.15) is 36.2 Å². The van der Waals surface area contributed by atoms with Crippen LogP contribution in [0.2, 0.25) is 0 Å². The lowest BCUT2D eigenvalue weighted by Crippen LogP contribution is -3.18. The average molecular weight is 275 g/mol. The number of nitrogens with one attached hydrogen (secondary N) is 1. The minimum Gasteiger partial charge on any atom is -0.459 e. The Balaban J connectivity index is 1.35. The molecule has 1 aromatic rings. The van der Waals surface area contributed by atoms with Gasteiger partial charge in [0, 0.05) is 12.3 Å². The summed E-state index contributed by atoms with van der Waals surface area (Å²) in [5.41, 5.74) is 0. The lowest BCUT2D eigenvalue weighted by Gasteiger charge is -2.38. The first-order valence-corrected chi connectivity index (χ1v) is 7.98. The van der Waals surface area contributed by atoms with E-state index < -0.39 is 0 Å². The molecule has 1 aliphatic heterocycles. The van der Waals surface area contributed by atoms with E-state index in [1.54, 1.807) is 23.3 Å². The Hall–Kier alpha value is -1.29. The van der Waals surface area contributed by atoms with Crippen molar-refractivity contribution in [2.45, 2.75) is 31.7 Å². The first-order valence-electron chi connectivity index (χ1n) is 7.98. The molecule has 3 atom stereocenters. The van der Waals surface area contributed by atoms with E-state index in [0.29, 0.717) is 5.76 Å². The molecule has 108 valence electrons. The fraction of sp³-hybridized carbons (Fsp3) is 0.688. The zero-order chi connectivity index (χ0) is 13.5. The summed E-state index contributed by atoms with van der Waals surface area (Å²) in [6.07, 6.45) is 7.41. The normalized spacial score (nSPS) is 33.8. The molecular weight excluding hydrogens is 252 g/mol. The van der Waals surface area contributed by atoms with Crippen molar-refractivity contribution in [3.8, 4) is 0 Å². The van der Waals surface area contributed by atoms with Gasteiger partial charge in [0.2, 0.25) is 0 Å². The summed E-state index contributed by atoms with van der Waals surface area (Å²) in [7, 11) is 0. The number of amides is 1. The highest BCUT2D eigenvalue weighted by Gasteiger charge is 2.45. The summed E-state index contributed by atoms with van der Waals surface area (Å²) in [6.45, 7) is 3.98. The molecule has 0 radical (unpaired) electrons. The molecule has 2 saturated carbocycles. The van der Waals surface area contributed by atoms with Gasteiger partial charge in [-0.1, -0.05) is 0 Å². The fourth-order valence-corrected chi connectivity index (χ4v) is 4.67. The third-order valence-corrected chi connectivity index (χ3v) is 5.69. The van der Waals surface area contributed by atoms with Crippen molar-refractivity contribution in [2.75, 3.05) is 26.2 Å². The molecule has 1 amide bonds. The molecule has 1 N–H and O–H groups in total. The standard InChI is InChI=1S/C16H22N2O2/c19-16(15-2-1-9-20-15)18-7-5-17(6-8-18)14-11-12-3-4-13(14)10-12/h1-2,9,12-14H,3-8,10-11H2/p+1/t12-,13+,14-/m0/s1. The number of hydrogen-bond donors (Lipinski definition) is 1. The van der Waals surface area contributed by atoms with E-state index in [1.807, 2.05) is 4.90 Å². The van der Waals surface area contributed by atoms with Gasteiger partial charge < -0.3 is 14.2 Å². The second-order valence-corrected chi connectivity index (χ2v) is 6.71. The van der Waals surface area contributed by atoms with Crippen LogP contribution in [-0.2, 0) is 0 Å². The van der Waals surface area contributed by atoms with Crippen LogP contribution < -0.4 is 4.90 Å². The largest absolute Gasteiger partial charge is 0.459 e. The van der Waals surface area contributed by atoms with Gasteiger partial charge in [0.1, 0.15) is 0 Å². The van der Waals surface area contributed by atoms with E-state index in [-0.39, 0.29) is 5.91 Å². The zero-order valence-corrected chi connectivity index (χ0v) is 11.9. The molecule has 2 aliphatic carbocycles. The second kappa shape index (κ2) is 4.92. The number of carbonyl (C=O) groups excluding carboxylic acids is 1. The SMILES string of the molecule is O=C(c1ccco1)N1CC[NH+]([C@H]2C[C@H]3CC[C@@H]2C3)CC1. The Bertz CT molecular complexity index is 477. The molecule has 1 aromatic heterocycles. The van der Waals surface area contributed by atoms with Gasteiger partial charge in [-0.3, -0.25) is 4.79 Å². The number of furan rings is 1. The third kappa shape index (κ3) is 2.06. The van der Waals surface area contributed by atoms with E-state index in [9.17, 15) is 4.79 Å². The molecule has 0 spiro atoms. The minimum absolute atomic E-state index is 0.0574. The van der Waals surface area contributed by atoms with Crippen molar-refractivity contribution in [1.82, 2.24) is 4.90 Å². The molecule has 0 unspecified atom stereocenters. The van der Waals surface area contributed by atoms with Crippen LogP contribution in [0.15, 0.2) is 22.8 Å². The molecule has 4 heteroatoms. The van der Waals surface area contributed by atoms with Gasteiger partial charge in [-0.2, -0.15) is 0 Å². The van der Waals surface area contributed by atoms with Gasteiger partial charge >= 0.3 is 0 Å². The van der Waals surface area contributed by atoms with Crippen molar-refractivity contribution in [2.24, 2.45) is 11.8 Å². The van der Waals surface area contributed by atoms with E-state index in [0.717, 1.165) is 44.1 Å². The van der Waals surface area contributed by atoms with Gasteiger partial charge in [0.15, 0.2) is 5.76 Å². The molecule has 1 saturated heterocycles. The highest BCUT2D eigenvalue weighted by molar-refractivity contribution is 5.91. The maximum atomic E-state index is 12.2. The molecule has 2 bridgehead atoms. The summed E-state index contributed by atoms with van der Waals surface area (Å²) >= 11 is 0. The van der Waals surface area contributed by atoms with Crippen molar-refractivity contribution in [1.29, 1.82) is 0 Å². The predicted molar refractivity (Wildman–Crippen MR) is 74.5 cm³/mol. The van der Waals surface area contributed by atoms with Crippen molar-refractivity contribution in [3.05, 3.63) is 24.2 Å². The van der Waals surface area contributed by atoms with Crippen LogP contribution in [0.25, 0.3) is 0 Å². The monoisotopic (exact) mass is 275 g/mol. The fourth-order valence-electron chi connectivity index (χ4n) is 4.67. The van der Waals surface area contributed by atoms with Crippen LogP contribution in [0.5, 0.6) is 0 Å². The molecular formula is C16H23N2O2+. The minimum atomic E-state index is 0.0574. The van der Waals surface area contributed by atoms with Gasteiger partial charge in [0.05, 0.1) is 38.5 Å². The Morgan fingerprint density at radius 3 is 2.70 bits per heavy atom. The van der Waals surface area contributed by atoms with Crippen LogP contribution in [-0.4, -0.2) is 43.0 Å². The van der Waals surface area contributed by atoms with Gasteiger partial charge in [-0.25, -0.2) is 0 Å². The average Bonchev–Trinajstić information content (AvgIpc) is 3.23. The maximum Gasteiger partial charge on any atom is 0.289 e.